The van der Waals surface area contributed by atoms with Crippen molar-refractivity contribution in [1.29, 1.82) is 0 Å². The highest BCUT2D eigenvalue weighted by molar-refractivity contribution is 7.14. The van der Waals surface area contributed by atoms with Gasteiger partial charge in [-0.2, -0.15) is 0 Å². The Bertz CT molecular complexity index is 1530. The third-order valence-electron chi connectivity index (χ3n) is 10.1. The van der Waals surface area contributed by atoms with Crippen LogP contribution in [0.2, 0.25) is 0 Å². The van der Waals surface area contributed by atoms with Crippen LogP contribution < -0.4 is 0 Å². The first-order valence-corrected chi connectivity index (χ1v) is 17.1. The predicted octanol–water partition coefficient (Wildman–Crippen LogP) is 7.98. The summed E-state index contributed by atoms with van der Waals surface area (Å²) in [6.07, 6.45) is 5.83. The standard InChI is InChI=1S/C38H47NO5S/c1-5-44-36(42)39(24-28-11-7-6-8-12-28)25-38(43)21-19-33-31-17-15-29(23-32(31)35(41)34-18-14-27(3)45-34)22-30(40)16-13-26(2)10-9-20-37(33,38)4/h6-8,10-12,14-15,17-18,23,30,33,40,43H,5,9,13,16,19-22,24-25H2,1-4H3/t30-,33-,37-,38+/m0/s1. The van der Waals surface area contributed by atoms with Crippen molar-refractivity contribution in [2.75, 3.05) is 13.2 Å². The molecule has 6 rings (SSSR count). The highest BCUT2D eigenvalue weighted by Gasteiger charge is 2.57. The van der Waals surface area contributed by atoms with Crippen LogP contribution in [0.5, 0.6) is 0 Å². The van der Waals surface area contributed by atoms with Crippen molar-refractivity contribution in [3.05, 3.63) is 104 Å². The second kappa shape index (κ2) is 14.0. The number of ketones is 1. The summed E-state index contributed by atoms with van der Waals surface area (Å²) in [7, 11) is 0. The first kappa shape index (κ1) is 33.1. The Morgan fingerprint density at radius 1 is 1.04 bits per heavy atom. The molecule has 1 heterocycles. The van der Waals surface area contributed by atoms with Gasteiger partial charge < -0.3 is 19.8 Å². The summed E-state index contributed by atoms with van der Waals surface area (Å²) >= 11 is 1.49. The van der Waals surface area contributed by atoms with E-state index in [0.29, 0.717) is 49.1 Å². The first-order chi connectivity index (χ1) is 21.5. The number of allylic oxidation sites excluding steroid dienone is 2. The van der Waals surface area contributed by atoms with Gasteiger partial charge in [0.2, 0.25) is 5.78 Å². The number of benzene rings is 2. The molecule has 1 aromatic heterocycles. The molecular formula is C38H47NO5S. The number of fused-ring (bicyclic) bond motifs is 8. The normalized spacial score (nSPS) is 25.2. The van der Waals surface area contributed by atoms with E-state index in [4.69, 9.17) is 4.74 Å². The second-order valence-corrected chi connectivity index (χ2v) is 14.5. The number of aliphatic hydroxyl groups excluding tert-OH is 1. The van der Waals surface area contributed by atoms with Gasteiger partial charge in [-0.05, 0) is 107 Å². The Morgan fingerprint density at radius 3 is 2.53 bits per heavy atom. The summed E-state index contributed by atoms with van der Waals surface area (Å²) in [5.74, 6) is -0.129. The van der Waals surface area contributed by atoms with E-state index in [1.807, 2.05) is 61.5 Å². The van der Waals surface area contributed by atoms with Crippen molar-refractivity contribution in [3.8, 4) is 0 Å². The number of carbonyl (C=O) groups excluding carboxylic acids is 2. The number of aliphatic hydroxyl groups is 2. The number of hydrogen-bond acceptors (Lipinski definition) is 6. The van der Waals surface area contributed by atoms with Gasteiger partial charge in [0.15, 0.2) is 0 Å². The van der Waals surface area contributed by atoms with Gasteiger partial charge in [-0.3, -0.25) is 4.79 Å². The van der Waals surface area contributed by atoms with E-state index >= 15 is 0 Å². The van der Waals surface area contributed by atoms with Crippen LogP contribution in [0.15, 0.2) is 72.3 Å². The van der Waals surface area contributed by atoms with E-state index in [-0.39, 0.29) is 24.9 Å². The predicted molar refractivity (Wildman–Crippen MR) is 180 cm³/mol. The van der Waals surface area contributed by atoms with Gasteiger partial charge in [0, 0.05) is 22.4 Å². The molecule has 4 atom stereocenters. The fourth-order valence-corrected chi connectivity index (χ4v) is 8.23. The minimum absolute atomic E-state index is 0.0164. The molecule has 0 unspecified atom stereocenters. The lowest BCUT2D eigenvalue weighted by molar-refractivity contribution is -0.0821. The molecule has 3 aliphatic carbocycles. The maximum absolute atomic E-state index is 14.1. The third-order valence-corrected chi connectivity index (χ3v) is 11.1. The van der Waals surface area contributed by atoms with Gasteiger partial charge >= 0.3 is 6.09 Å². The Hall–Kier alpha value is -3.26. The number of carbonyl (C=O) groups is 2. The zero-order valence-electron chi connectivity index (χ0n) is 27.1. The van der Waals surface area contributed by atoms with Crippen LogP contribution in [-0.2, 0) is 17.7 Å². The van der Waals surface area contributed by atoms with E-state index in [0.717, 1.165) is 34.4 Å². The maximum Gasteiger partial charge on any atom is 0.410 e. The molecular weight excluding hydrogens is 582 g/mol. The Balaban J connectivity index is 1.59. The van der Waals surface area contributed by atoms with Crippen LogP contribution in [0.25, 0.3) is 0 Å². The monoisotopic (exact) mass is 629 g/mol. The fraction of sp³-hybridized carbons (Fsp3) is 0.474. The molecule has 0 radical (unpaired) electrons. The van der Waals surface area contributed by atoms with E-state index in [9.17, 15) is 19.8 Å². The molecule has 3 aliphatic rings. The number of amides is 1. The lowest BCUT2D eigenvalue weighted by Gasteiger charge is -2.46. The van der Waals surface area contributed by atoms with E-state index in [1.165, 1.54) is 16.9 Å². The minimum Gasteiger partial charge on any atom is -0.450 e. The highest BCUT2D eigenvalue weighted by atomic mass is 32.1. The summed E-state index contributed by atoms with van der Waals surface area (Å²) < 4.78 is 5.48. The van der Waals surface area contributed by atoms with Crippen molar-refractivity contribution in [2.24, 2.45) is 5.41 Å². The lowest BCUT2D eigenvalue weighted by atomic mass is 9.64. The first-order valence-electron chi connectivity index (χ1n) is 16.3. The van der Waals surface area contributed by atoms with Gasteiger partial charge in [-0.25, -0.2) is 4.79 Å². The average Bonchev–Trinajstić information content (AvgIpc) is 3.56. The number of aryl methyl sites for hydroxylation is 1. The molecule has 7 heteroatoms. The third kappa shape index (κ3) is 7.26. The van der Waals surface area contributed by atoms with Crippen LogP contribution in [0.3, 0.4) is 0 Å². The van der Waals surface area contributed by atoms with Gasteiger partial charge in [0.25, 0.3) is 0 Å². The van der Waals surface area contributed by atoms with Gasteiger partial charge in [-0.1, -0.05) is 61.0 Å². The van der Waals surface area contributed by atoms with E-state index in [2.05, 4.69) is 26.0 Å². The Morgan fingerprint density at radius 2 is 1.82 bits per heavy atom. The van der Waals surface area contributed by atoms with Crippen LogP contribution in [0.1, 0.15) is 102 Å². The second-order valence-electron chi connectivity index (χ2n) is 13.2. The molecule has 2 bridgehead atoms. The maximum atomic E-state index is 14.1. The topological polar surface area (TPSA) is 87.1 Å². The highest BCUT2D eigenvalue weighted by Crippen LogP contribution is 2.59. The van der Waals surface area contributed by atoms with Gasteiger partial charge in [0.1, 0.15) is 0 Å². The van der Waals surface area contributed by atoms with Gasteiger partial charge in [0.05, 0.1) is 29.7 Å². The summed E-state index contributed by atoms with van der Waals surface area (Å²) in [5.41, 5.74) is 2.86. The largest absolute Gasteiger partial charge is 0.450 e. The zero-order chi connectivity index (χ0) is 32.2. The molecule has 2 aromatic carbocycles. The quantitative estimate of drug-likeness (QED) is 0.204. The number of thiophene rings is 1. The number of ether oxygens (including phenoxy) is 1. The molecule has 0 aliphatic heterocycles. The molecule has 0 saturated heterocycles. The lowest BCUT2D eigenvalue weighted by Crippen LogP contribution is -2.53. The molecule has 1 amide bonds. The molecule has 2 N–H and O–H groups in total. The summed E-state index contributed by atoms with van der Waals surface area (Å²) in [6.45, 7) is 8.77. The number of hydrogen-bond donors (Lipinski definition) is 2. The van der Waals surface area contributed by atoms with Crippen molar-refractivity contribution in [1.82, 2.24) is 4.90 Å². The molecule has 0 spiro atoms. The molecule has 6 nitrogen and oxygen atoms in total. The van der Waals surface area contributed by atoms with E-state index < -0.39 is 23.2 Å². The molecule has 45 heavy (non-hydrogen) atoms. The number of rotatable bonds is 7. The summed E-state index contributed by atoms with van der Waals surface area (Å²) in [6, 6.07) is 19.7. The average molecular weight is 630 g/mol. The Kier molecular flexibility index (Phi) is 10.3. The van der Waals surface area contributed by atoms with Crippen LogP contribution in [0.4, 0.5) is 4.79 Å². The zero-order valence-corrected chi connectivity index (χ0v) is 27.9. The van der Waals surface area contributed by atoms with Crippen molar-refractivity contribution in [2.45, 2.75) is 96.8 Å². The fourth-order valence-electron chi connectivity index (χ4n) is 7.41. The van der Waals surface area contributed by atoms with Crippen LogP contribution >= 0.6 is 11.3 Å². The van der Waals surface area contributed by atoms with E-state index in [1.54, 1.807) is 11.8 Å². The van der Waals surface area contributed by atoms with Crippen molar-refractivity contribution < 1.29 is 24.5 Å². The van der Waals surface area contributed by atoms with Crippen LogP contribution in [-0.4, -0.2) is 51.8 Å². The van der Waals surface area contributed by atoms with Crippen molar-refractivity contribution >= 4 is 23.2 Å². The van der Waals surface area contributed by atoms with Crippen LogP contribution in [0, 0.1) is 12.3 Å². The summed E-state index contributed by atoms with van der Waals surface area (Å²) in [4.78, 5) is 30.9. The smallest absolute Gasteiger partial charge is 0.410 e. The summed E-state index contributed by atoms with van der Waals surface area (Å²) in [5, 5.41) is 23.6. The molecule has 3 aromatic rings. The molecule has 240 valence electrons. The molecule has 1 saturated carbocycles. The minimum atomic E-state index is -1.22. The SMILES string of the molecule is CCOC(=O)N(Cc1ccccc1)C[C@]1(O)CC[C@H]2c3ccc(cc3C(=O)c3ccc(C)s3)C[C@@H](O)CCC(C)=CCC[C@@]21C. The van der Waals surface area contributed by atoms with Crippen molar-refractivity contribution in [3.63, 3.8) is 0 Å². The Labute approximate surface area is 271 Å². The molecule has 1 fully saturated rings. The number of nitrogens with zero attached hydrogens (tertiary/aromatic N) is 1. The van der Waals surface area contributed by atoms with Gasteiger partial charge in [-0.15, -0.1) is 11.3 Å².